The predicted octanol–water partition coefficient (Wildman–Crippen LogP) is -1.23. The lowest BCUT2D eigenvalue weighted by molar-refractivity contribution is -0.148. The van der Waals surface area contributed by atoms with Gasteiger partial charge in [-0.25, -0.2) is 4.79 Å². The maximum Gasteiger partial charge on any atom is 0.326 e. The molecule has 0 spiro atoms. The number of carbonyl (C=O) groups excluding carboxylic acids is 1. The molecule has 1 rings (SSSR count). The summed E-state index contributed by atoms with van der Waals surface area (Å²) in [6, 6.07) is -0.884. The van der Waals surface area contributed by atoms with Gasteiger partial charge < -0.3 is 20.8 Å². The summed E-state index contributed by atoms with van der Waals surface area (Å²) in [5, 5.41) is 18.2. The second-order valence-corrected chi connectivity index (χ2v) is 3.68. The molecule has 1 fully saturated rings. The van der Waals surface area contributed by atoms with Gasteiger partial charge in [-0.3, -0.25) is 4.79 Å². The number of β-amino-alcohol motifs (C(OH)–C–C–N with tert-alkyl or cyclic N) is 1. The van der Waals surface area contributed by atoms with Crippen LogP contribution in [0.2, 0.25) is 0 Å². The van der Waals surface area contributed by atoms with Crippen molar-refractivity contribution >= 4 is 11.9 Å². The molecule has 86 valence electrons. The Morgan fingerprint density at radius 3 is 2.67 bits per heavy atom. The Labute approximate surface area is 87.7 Å². The van der Waals surface area contributed by atoms with Gasteiger partial charge in [0, 0.05) is 19.4 Å². The number of aliphatic hydroxyl groups is 1. The second-order valence-electron chi connectivity index (χ2n) is 3.68. The SMILES string of the molecule is NCCCC(=O)N1CC(O)C[C@H]1C(=O)O. The molecule has 1 unspecified atom stereocenters. The molecule has 6 heteroatoms. The van der Waals surface area contributed by atoms with E-state index >= 15 is 0 Å². The Kier molecular flexibility index (Phi) is 4.05. The van der Waals surface area contributed by atoms with Gasteiger partial charge in [0.2, 0.25) is 5.91 Å². The average Bonchev–Trinajstić information content (AvgIpc) is 2.57. The molecule has 1 heterocycles. The molecule has 2 atom stereocenters. The molecule has 0 bridgehead atoms. The highest BCUT2D eigenvalue weighted by molar-refractivity contribution is 5.84. The third-order valence-electron chi connectivity index (χ3n) is 2.48. The van der Waals surface area contributed by atoms with Crippen LogP contribution in [0.15, 0.2) is 0 Å². The van der Waals surface area contributed by atoms with Crippen LogP contribution in [0.25, 0.3) is 0 Å². The van der Waals surface area contributed by atoms with Crippen molar-refractivity contribution < 1.29 is 19.8 Å². The Morgan fingerprint density at radius 1 is 1.47 bits per heavy atom. The zero-order chi connectivity index (χ0) is 11.4. The van der Waals surface area contributed by atoms with E-state index in [9.17, 15) is 14.7 Å². The first kappa shape index (κ1) is 11.9. The number of hydrogen-bond acceptors (Lipinski definition) is 4. The van der Waals surface area contributed by atoms with Gasteiger partial charge in [0.05, 0.1) is 6.10 Å². The topological polar surface area (TPSA) is 104 Å². The summed E-state index contributed by atoms with van der Waals surface area (Å²) < 4.78 is 0. The zero-order valence-electron chi connectivity index (χ0n) is 8.43. The van der Waals surface area contributed by atoms with Crippen molar-refractivity contribution in [3.8, 4) is 0 Å². The van der Waals surface area contributed by atoms with E-state index in [0.29, 0.717) is 13.0 Å². The maximum atomic E-state index is 11.6. The zero-order valence-corrected chi connectivity index (χ0v) is 8.43. The van der Waals surface area contributed by atoms with E-state index in [2.05, 4.69) is 0 Å². The molecule has 4 N–H and O–H groups in total. The highest BCUT2D eigenvalue weighted by Crippen LogP contribution is 2.19. The van der Waals surface area contributed by atoms with Gasteiger partial charge in [0.25, 0.3) is 0 Å². The van der Waals surface area contributed by atoms with Gasteiger partial charge in [0.1, 0.15) is 6.04 Å². The molecule has 0 saturated carbocycles. The number of carboxylic acid groups (broad SMARTS) is 1. The first-order valence-electron chi connectivity index (χ1n) is 4.96. The summed E-state index contributed by atoms with van der Waals surface area (Å²) in [6.45, 7) is 0.514. The number of rotatable bonds is 4. The number of amides is 1. The Morgan fingerprint density at radius 2 is 2.13 bits per heavy atom. The lowest BCUT2D eigenvalue weighted by Crippen LogP contribution is -2.40. The van der Waals surface area contributed by atoms with Crippen LogP contribution in [-0.4, -0.2) is 52.2 Å². The molecular formula is C9H16N2O4. The molecule has 6 nitrogen and oxygen atoms in total. The van der Waals surface area contributed by atoms with Gasteiger partial charge in [-0.15, -0.1) is 0 Å². The minimum atomic E-state index is -1.06. The van der Waals surface area contributed by atoms with Crippen molar-refractivity contribution in [2.45, 2.75) is 31.4 Å². The maximum absolute atomic E-state index is 11.6. The van der Waals surface area contributed by atoms with Crippen molar-refractivity contribution in [3.05, 3.63) is 0 Å². The van der Waals surface area contributed by atoms with Crippen LogP contribution < -0.4 is 5.73 Å². The first-order valence-corrected chi connectivity index (χ1v) is 4.96. The molecule has 0 aliphatic carbocycles. The van der Waals surface area contributed by atoms with E-state index in [0.717, 1.165) is 0 Å². The fourth-order valence-corrected chi connectivity index (χ4v) is 1.72. The van der Waals surface area contributed by atoms with E-state index in [4.69, 9.17) is 10.8 Å². The number of nitrogens with two attached hydrogens (primary N) is 1. The molecule has 0 radical (unpaired) electrons. The number of carboxylic acids is 1. The lowest BCUT2D eigenvalue weighted by Gasteiger charge is -2.20. The van der Waals surface area contributed by atoms with E-state index in [1.807, 2.05) is 0 Å². The largest absolute Gasteiger partial charge is 0.480 e. The van der Waals surface area contributed by atoms with E-state index < -0.39 is 18.1 Å². The smallest absolute Gasteiger partial charge is 0.326 e. The Hall–Kier alpha value is -1.14. The normalized spacial score (nSPS) is 25.6. The van der Waals surface area contributed by atoms with Crippen LogP contribution in [0.3, 0.4) is 0 Å². The minimum absolute atomic E-state index is 0.111. The summed E-state index contributed by atoms with van der Waals surface area (Å²) >= 11 is 0. The quantitative estimate of drug-likeness (QED) is 0.546. The van der Waals surface area contributed by atoms with Gasteiger partial charge >= 0.3 is 5.97 Å². The van der Waals surface area contributed by atoms with Crippen LogP contribution in [0.5, 0.6) is 0 Å². The molecule has 1 aliphatic rings. The molecule has 15 heavy (non-hydrogen) atoms. The summed E-state index contributed by atoms with van der Waals surface area (Å²) in [4.78, 5) is 23.6. The molecule has 1 saturated heterocycles. The Balaban J connectivity index is 2.58. The standard InChI is InChI=1S/C9H16N2O4/c10-3-1-2-8(13)11-5-6(12)4-7(11)9(14)15/h6-7,12H,1-5,10H2,(H,14,15)/t6?,7-/m0/s1. The van der Waals surface area contributed by atoms with E-state index in [1.54, 1.807) is 0 Å². The highest BCUT2D eigenvalue weighted by atomic mass is 16.4. The van der Waals surface area contributed by atoms with Crippen molar-refractivity contribution in [1.82, 2.24) is 4.90 Å². The monoisotopic (exact) mass is 216 g/mol. The van der Waals surface area contributed by atoms with E-state index in [1.165, 1.54) is 4.90 Å². The third kappa shape index (κ3) is 2.90. The number of likely N-dealkylation sites (tertiary alicyclic amines) is 1. The molecule has 0 aromatic rings. The molecule has 0 aromatic carbocycles. The summed E-state index contributed by atoms with van der Waals surface area (Å²) in [5.74, 6) is -1.31. The van der Waals surface area contributed by atoms with Crippen LogP contribution in [0.4, 0.5) is 0 Å². The van der Waals surface area contributed by atoms with Crippen molar-refractivity contribution in [1.29, 1.82) is 0 Å². The molecule has 0 aromatic heterocycles. The average molecular weight is 216 g/mol. The van der Waals surface area contributed by atoms with Gasteiger partial charge in [-0.05, 0) is 13.0 Å². The predicted molar refractivity (Wildman–Crippen MR) is 52.0 cm³/mol. The highest BCUT2D eigenvalue weighted by Gasteiger charge is 2.38. The summed E-state index contributed by atoms with van der Waals surface area (Å²) in [7, 11) is 0. The van der Waals surface area contributed by atoms with Crippen LogP contribution in [0, 0.1) is 0 Å². The first-order chi connectivity index (χ1) is 7.06. The number of carbonyl (C=O) groups is 2. The van der Waals surface area contributed by atoms with Crippen molar-refractivity contribution in [2.75, 3.05) is 13.1 Å². The van der Waals surface area contributed by atoms with Crippen LogP contribution >= 0.6 is 0 Å². The van der Waals surface area contributed by atoms with Gasteiger partial charge in [-0.1, -0.05) is 0 Å². The fraction of sp³-hybridized carbons (Fsp3) is 0.778. The molecular weight excluding hydrogens is 200 g/mol. The summed E-state index contributed by atoms with van der Waals surface area (Å²) in [5.41, 5.74) is 5.26. The number of aliphatic hydroxyl groups excluding tert-OH is 1. The Bertz CT molecular complexity index is 256. The molecule has 1 aliphatic heterocycles. The van der Waals surface area contributed by atoms with Crippen molar-refractivity contribution in [2.24, 2.45) is 5.73 Å². The van der Waals surface area contributed by atoms with Gasteiger partial charge in [-0.2, -0.15) is 0 Å². The third-order valence-corrected chi connectivity index (χ3v) is 2.48. The van der Waals surface area contributed by atoms with E-state index in [-0.39, 0.29) is 25.3 Å². The number of nitrogens with zero attached hydrogens (tertiary/aromatic N) is 1. The number of hydrogen-bond donors (Lipinski definition) is 3. The lowest BCUT2D eigenvalue weighted by atomic mass is 10.2. The fourth-order valence-electron chi connectivity index (χ4n) is 1.72. The van der Waals surface area contributed by atoms with Crippen LogP contribution in [-0.2, 0) is 9.59 Å². The molecule has 1 amide bonds. The second kappa shape index (κ2) is 5.09. The minimum Gasteiger partial charge on any atom is -0.480 e. The van der Waals surface area contributed by atoms with Crippen molar-refractivity contribution in [3.63, 3.8) is 0 Å². The van der Waals surface area contributed by atoms with Gasteiger partial charge in [0.15, 0.2) is 0 Å². The number of aliphatic carboxylic acids is 1. The summed E-state index contributed by atoms with van der Waals surface area (Å²) in [6.07, 6.45) is 0.169. The van der Waals surface area contributed by atoms with Crippen LogP contribution in [0.1, 0.15) is 19.3 Å².